The second kappa shape index (κ2) is 9.75. The summed E-state index contributed by atoms with van der Waals surface area (Å²) in [5, 5.41) is 20.1. The number of fused-ring (bicyclic) bond motifs is 1. The maximum atomic E-state index is 14.1. The molecule has 3 rings (SSSR count). The highest BCUT2D eigenvalue weighted by molar-refractivity contribution is 8.02. The van der Waals surface area contributed by atoms with Gasteiger partial charge < -0.3 is 20.0 Å². The molecule has 3 saturated heterocycles. The fourth-order valence-corrected chi connectivity index (χ4v) is 8.60. The molecule has 180 valence electrons. The van der Waals surface area contributed by atoms with Crippen LogP contribution in [0.15, 0.2) is 12.7 Å². The first kappa shape index (κ1) is 25.1. The minimum Gasteiger partial charge on any atom is -0.481 e. The molecule has 2 bridgehead atoms. The van der Waals surface area contributed by atoms with Gasteiger partial charge in [-0.15, -0.1) is 18.3 Å². The number of nitrogens with zero attached hydrogens (tertiary/aromatic N) is 2. The van der Waals surface area contributed by atoms with E-state index >= 15 is 0 Å². The highest BCUT2D eigenvalue weighted by Crippen LogP contribution is 2.69. The average molecular weight is 467 g/mol. The normalized spacial score (nSPS) is 34.1. The highest BCUT2D eigenvalue weighted by Gasteiger charge is 2.76. The van der Waals surface area contributed by atoms with Crippen LogP contribution in [0.2, 0.25) is 0 Å². The summed E-state index contributed by atoms with van der Waals surface area (Å²) in [5.41, 5.74) is 0. The van der Waals surface area contributed by atoms with Crippen molar-refractivity contribution in [3.8, 4) is 0 Å². The number of amides is 2. The smallest absolute Gasteiger partial charge is 0.308 e. The van der Waals surface area contributed by atoms with Crippen molar-refractivity contribution in [2.45, 2.75) is 75.5 Å². The van der Waals surface area contributed by atoms with Crippen molar-refractivity contribution in [3.05, 3.63) is 12.7 Å². The average Bonchev–Trinajstić information content (AvgIpc) is 3.32. The molecule has 8 heteroatoms. The van der Waals surface area contributed by atoms with Gasteiger partial charge in [0.05, 0.1) is 29.2 Å². The predicted octanol–water partition coefficient (Wildman–Crippen LogP) is 2.63. The Morgan fingerprint density at radius 1 is 1.41 bits per heavy atom. The number of aliphatic hydroxyl groups is 1. The van der Waals surface area contributed by atoms with Gasteiger partial charge in [0.1, 0.15) is 6.04 Å². The van der Waals surface area contributed by atoms with Gasteiger partial charge in [-0.1, -0.05) is 40.2 Å². The Labute approximate surface area is 195 Å². The van der Waals surface area contributed by atoms with E-state index in [1.54, 1.807) is 27.6 Å². The third kappa shape index (κ3) is 3.87. The summed E-state index contributed by atoms with van der Waals surface area (Å²) < 4.78 is -0.766. The first-order valence-corrected chi connectivity index (χ1v) is 12.8. The van der Waals surface area contributed by atoms with Crippen LogP contribution in [0.1, 0.15) is 53.4 Å². The van der Waals surface area contributed by atoms with Gasteiger partial charge in [-0.25, -0.2) is 0 Å². The maximum absolute atomic E-state index is 14.1. The molecule has 0 radical (unpaired) electrons. The summed E-state index contributed by atoms with van der Waals surface area (Å²) in [4.78, 5) is 43.5. The third-order valence-electron chi connectivity index (χ3n) is 7.49. The van der Waals surface area contributed by atoms with Crippen molar-refractivity contribution in [3.63, 3.8) is 0 Å². The molecule has 7 atom stereocenters. The lowest BCUT2D eigenvalue weighted by atomic mass is 9.66. The van der Waals surface area contributed by atoms with E-state index in [0.717, 1.165) is 12.8 Å². The number of carboxylic acids is 1. The number of thioether (sulfide) groups is 1. The number of likely N-dealkylation sites (tertiary alicyclic amines) is 1. The number of rotatable bonds is 11. The number of aliphatic carboxylic acids is 1. The van der Waals surface area contributed by atoms with E-state index in [-0.39, 0.29) is 35.5 Å². The Kier molecular flexibility index (Phi) is 7.65. The first-order chi connectivity index (χ1) is 15.1. The molecular weight excluding hydrogens is 428 g/mol. The molecule has 3 fully saturated rings. The van der Waals surface area contributed by atoms with Crippen LogP contribution in [0.4, 0.5) is 0 Å². The van der Waals surface area contributed by atoms with Crippen LogP contribution < -0.4 is 0 Å². The lowest BCUT2D eigenvalue weighted by Crippen LogP contribution is -2.59. The van der Waals surface area contributed by atoms with Crippen molar-refractivity contribution in [2.75, 3.05) is 19.7 Å². The van der Waals surface area contributed by atoms with E-state index in [1.807, 2.05) is 13.8 Å². The summed E-state index contributed by atoms with van der Waals surface area (Å²) in [6.45, 7) is 12.7. The van der Waals surface area contributed by atoms with Crippen LogP contribution in [0.5, 0.6) is 0 Å². The summed E-state index contributed by atoms with van der Waals surface area (Å²) in [5.74, 6) is -2.63. The van der Waals surface area contributed by atoms with E-state index in [1.165, 1.54) is 0 Å². The molecule has 3 aliphatic heterocycles. The van der Waals surface area contributed by atoms with Gasteiger partial charge in [0, 0.05) is 18.3 Å². The molecule has 1 spiro atoms. The van der Waals surface area contributed by atoms with Crippen LogP contribution in [0, 0.1) is 23.7 Å². The summed E-state index contributed by atoms with van der Waals surface area (Å²) in [6, 6.07) is -1.27. The zero-order valence-electron chi connectivity index (χ0n) is 19.7. The zero-order chi connectivity index (χ0) is 23.8. The van der Waals surface area contributed by atoms with Crippen LogP contribution in [-0.4, -0.2) is 79.6 Å². The fourth-order valence-electron chi connectivity index (χ4n) is 6.20. The summed E-state index contributed by atoms with van der Waals surface area (Å²) in [7, 11) is 0. The number of aliphatic hydroxyl groups excluding tert-OH is 1. The molecule has 0 aromatic rings. The van der Waals surface area contributed by atoms with Crippen LogP contribution in [-0.2, 0) is 14.4 Å². The number of hydrogen-bond acceptors (Lipinski definition) is 5. The summed E-state index contributed by atoms with van der Waals surface area (Å²) in [6.07, 6.45) is 4.72. The Balaban J connectivity index is 2.11. The monoisotopic (exact) mass is 466 g/mol. The van der Waals surface area contributed by atoms with Gasteiger partial charge in [0.25, 0.3) is 0 Å². The Morgan fingerprint density at radius 3 is 2.62 bits per heavy atom. The van der Waals surface area contributed by atoms with Crippen molar-refractivity contribution in [2.24, 2.45) is 23.7 Å². The quantitative estimate of drug-likeness (QED) is 0.454. The van der Waals surface area contributed by atoms with Crippen molar-refractivity contribution >= 4 is 29.5 Å². The Morgan fingerprint density at radius 2 is 2.09 bits per heavy atom. The molecule has 0 aromatic carbocycles. The van der Waals surface area contributed by atoms with E-state index in [9.17, 15) is 24.6 Å². The van der Waals surface area contributed by atoms with Crippen LogP contribution >= 0.6 is 11.8 Å². The Hall–Kier alpha value is -1.54. The molecule has 0 saturated carbocycles. The maximum Gasteiger partial charge on any atom is 0.308 e. The minimum atomic E-state index is -0.957. The van der Waals surface area contributed by atoms with Gasteiger partial charge >= 0.3 is 5.97 Å². The van der Waals surface area contributed by atoms with Crippen molar-refractivity contribution < 1.29 is 24.6 Å². The lowest BCUT2D eigenvalue weighted by molar-refractivity contribution is -0.150. The predicted molar refractivity (Wildman–Crippen MR) is 125 cm³/mol. The molecule has 3 unspecified atom stereocenters. The standard InChI is InChI=1S/C24H38N2O5S/c1-6-8-10-25(9-7-2)22(29)20-24-15(5)12-17(32-24)18(23(30)31)19(24)21(28)26(20)16(13-27)11-14(3)4/h7,14-20,27H,2,6,8-13H2,1,3-5H3,(H,30,31)/t15?,16-,17+,18-,19+,20?,24?/m1/s1. The second-order valence-corrected chi connectivity index (χ2v) is 11.6. The zero-order valence-corrected chi connectivity index (χ0v) is 20.5. The second-order valence-electron chi connectivity index (χ2n) is 10.0. The number of carboxylic acid groups (broad SMARTS) is 1. The molecule has 2 N–H and O–H groups in total. The first-order valence-electron chi connectivity index (χ1n) is 11.9. The highest BCUT2D eigenvalue weighted by atomic mass is 32.2. The van der Waals surface area contributed by atoms with E-state index in [4.69, 9.17) is 0 Å². The molecule has 7 nitrogen and oxygen atoms in total. The number of hydrogen-bond donors (Lipinski definition) is 2. The SMILES string of the molecule is C=CCN(CCCC)C(=O)C1N([C@@H](CO)CC(C)C)C(=O)[C@@H]2[C@H](C(=O)O)[C@@H]3CC(C)C12S3. The van der Waals surface area contributed by atoms with Gasteiger partial charge in [-0.3, -0.25) is 14.4 Å². The molecule has 0 aromatic heterocycles. The molecule has 3 heterocycles. The fraction of sp³-hybridized carbons (Fsp3) is 0.792. The molecular formula is C24H38N2O5S. The lowest BCUT2D eigenvalue weighted by Gasteiger charge is -2.42. The number of carbonyl (C=O) groups is 3. The van der Waals surface area contributed by atoms with Gasteiger partial charge in [-0.2, -0.15) is 0 Å². The van der Waals surface area contributed by atoms with Crippen molar-refractivity contribution in [1.82, 2.24) is 9.80 Å². The van der Waals surface area contributed by atoms with Gasteiger partial charge in [0.2, 0.25) is 11.8 Å². The Bertz CT molecular complexity index is 759. The van der Waals surface area contributed by atoms with Crippen molar-refractivity contribution in [1.29, 1.82) is 0 Å². The van der Waals surface area contributed by atoms with Gasteiger partial charge in [-0.05, 0) is 31.1 Å². The number of carbonyl (C=O) groups excluding carboxylic acids is 2. The third-order valence-corrected chi connectivity index (χ3v) is 9.57. The van der Waals surface area contributed by atoms with E-state index in [0.29, 0.717) is 25.9 Å². The molecule has 0 aliphatic carbocycles. The molecule has 3 aliphatic rings. The minimum absolute atomic E-state index is 0.0381. The van der Waals surface area contributed by atoms with E-state index < -0.39 is 34.6 Å². The largest absolute Gasteiger partial charge is 0.481 e. The van der Waals surface area contributed by atoms with Crippen LogP contribution in [0.3, 0.4) is 0 Å². The van der Waals surface area contributed by atoms with Gasteiger partial charge in [0.15, 0.2) is 0 Å². The topological polar surface area (TPSA) is 98.2 Å². The summed E-state index contributed by atoms with van der Waals surface area (Å²) >= 11 is 1.55. The van der Waals surface area contributed by atoms with E-state index in [2.05, 4.69) is 20.4 Å². The molecule has 32 heavy (non-hydrogen) atoms. The molecule has 2 amide bonds. The number of unbranched alkanes of at least 4 members (excludes halogenated alkanes) is 1. The van der Waals surface area contributed by atoms with Crippen LogP contribution in [0.25, 0.3) is 0 Å².